The molecule has 0 fully saturated rings. The van der Waals surface area contributed by atoms with Crippen LogP contribution in [0.2, 0.25) is 0 Å². The maximum Gasteiger partial charge on any atom is 0.190 e. The fourth-order valence-electron chi connectivity index (χ4n) is 3.09. The monoisotopic (exact) mass is 419 g/mol. The van der Waals surface area contributed by atoms with E-state index in [2.05, 4.69) is 10.3 Å². The molecule has 1 N–H and O–H groups in total. The van der Waals surface area contributed by atoms with Crippen molar-refractivity contribution >= 4 is 34.3 Å². The van der Waals surface area contributed by atoms with Gasteiger partial charge in [0.05, 0.1) is 25.4 Å². The molecular formula is C23H21N3O3S. The van der Waals surface area contributed by atoms with E-state index in [1.165, 1.54) is 11.8 Å². The molecule has 30 heavy (non-hydrogen) atoms. The number of aromatic nitrogens is 2. The summed E-state index contributed by atoms with van der Waals surface area (Å²) in [6, 6.07) is 17.1. The lowest BCUT2D eigenvalue weighted by atomic mass is 10.1. The second-order valence-electron chi connectivity index (χ2n) is 6.68. The molecule has 0 radical (unpaired) electrons. The molecule has 4 aromatic rings. The molecule has 0 bridgehead atoms. The van der Waals surface area contributed by atoms with Crippen molar-refractivity contribution in [1.82, 2.24) is 9.97 Å². The Morgan fingerprint density at radius 2 is 2.00 bits per heavy atom. The molecule has 0 saturated carbocycles. The molecule has 0 amide bonds. The molecule has 4 rings (SSSR count). The molecule has 0 atom stereocenters. The highest BCUT2D eigenvalue weighted by Gasteiger charge is 2.12. The second kappa shape index (κ2) is 9.00. The van der Waals surface area contributed by atoms with Gasteiger partial charge >= 0.3 is 0 Å². The Morgan fingerprint density at radius 1 is 1.13 bits per heavy atom. The molecule has 0 unspecified atom stereocenters. The van der Waals surface area contributed by atoms with E-state index < -0.39 is 0 Å². The smallest absolute Gasteiger partial charge is 0.190 e. The lowest BCUT2D eigenvalue weighted by molar-refractivity contribution is 0.101. The first kappa shape index (κ1) is 20.0. The van der Waals surface area contributed by atoms with Crippen molar-refractivity contribution in [3.05, 3.63) is 77.7 Å². The Kier molecular flexibility index (Phi) is 5.99. The topological polar surface area (TPSA) is 77.2 Å². The van der Waals surface area contributed by atoms with Gasteiger partial charge in [-0.25, -0.2) is 9.97 Å². The lowest BCUT2D eigenvalue weighted by Crippen LogP contribution is -2.03. The number of ether oxygens (including phenoxy) is 1. The van der Waals surface area contributed by atoms with E-state index in [4.69, 9.17) is 14.1 Å². The molecule has 2 aromatic carbocycles. The summed E-state index contributed by atoms with van der Waals surface area (Å²) >= 11 is 1.50. The number of thioether (sulfide) groups is 1. The number of para-hydroxylation sites is 1. The van der Waals surface area contributed by atoms with E-state index in [9.17, 15) is 4.79 Å². The van der Waals surface area contributed by atoms with Gasteiger partial charge in [-0.05, 0) is 49.4 Å². The molecule has 7 heteroatoms. The van der Waals surface area contributed by atoms with Crippen molar-refractivity contribution in [2.75, 3.05) is 12.4 Å². The van der Waals surface area contributed by atoms with Gasteiger partial charge in [0.25, 0.3) is 0 Å². The van der Waals surface area contributed by atoms with Crippen molar-refractivity contribution in [2.45, 2.75) is 24.4 Å². The lowest BCUT2D eigenvalue weighted by Gasteiger charge is -2.11. The van der Waals surface area contributed by atoms with Crippen LogP contribution >= 0.6 is 11.8 Å². The van der Waals surface area contributed by atoms with Gasteiger partial charge in [-0.1, -0.05) is 23.9 Å². The number of fused-ring (bicyclic) bond motifs is 1. The quantitative estimate of drug-likeness (QED) is 0.235. The maximum atomic E-state index is 11.7. The summed E-state index contributed by atoms with van der Waals surface area (Å²) in [5, 5.41) is 4.94. The number of furan rings is 1. The highest BCUT2D eigenvalue weighted by molar-refractivity contribution is 7.98. The number of nitrogens with one attached hydrogen (secondary N) is 1. The predicted molar refractivity (Wildman–Crippen MR) is 118 cm³/mol. The molecule has 0 aliphatic carbocycles. The number of hydrogen-bond acceptors (Lipinski definition) is 7. The highest BCUT2D eigenvalue weighted by Crippen LogP contribution is 2.30. The Morgan fingerprint density at radius 3 is 2.77 bits per heavy atom. The van der Waals surface area contributed by atoms with Crippen molar-refractivity contribution in [3.63, 3.8) is 0 Å². The minimum Gasteiger partial charge on any atom is -0.496 e. The largest absolute Gasteiger partial charge is 0.496 e. The fraction of sp³-hybridized carbons (Fsp3) is 0.174. The van der Waals surface area contributed by atoms with Crippen LogP contribution in [0.5, 0.6) is 5.75 Å². The van der Waals surface area contributed by atoms with Gasteiger partial charge in [0.1, 0.15) is 17.3 Å². The van der Waals surface area contributed by atoms with Crippen LogP contribution in [0, 0.1) is 0 Å². The molecule has 0 aliphatic heterocycles. The summed E-state index contributed by atoms with van der Waals surface area (Å²) in [6.45, 7) is 2.09. The van der Waals surface area contributed by atoms with Crippen molar-refractivity contribution in [3.8, 4) is 5.75 Å². The van der Waals surface area contributed by atoms with Crippen LogP contribution in [0.1, 0.15) is 28.6 Å². The molecule has 2 heterocycles. The summed E-state index contributed by atoms with van der Waals surface area (Å²) in [6.07, 6.45) is 1.65. The standard InChI is InChI=1S/C23H21N3O3S/c1-15(27)16-9-10-21(28-2)17(12-16)14-30-23-25-20-8-4-3-7-19(20)22(26-23)24-13-18-6-5-11-29-18/h3-12H,13-14H2,1-2H3,(H,24,25,26). The van der Waals surface area contributed by atoms with Crippen LogP contribution in [0.15, 0.2) is 70.4 Å². The number of ketones is 1. The van der Waals surface area contributed by atoms with Crippen LogP contribution in [-0.4, -0.2) is 22.9 Å². The summed E-state index contributed by atoms with van der Waals surface area (Å²) in [5.41, 5.74) is 2.45. The van der Waals surface area contributed by atoms with Gasteiger partial charge in [-0.2, -0.15) is 0 Å². The zero-order valence-electron chi connectivity index (χ0n) is 16.7. The Bertz CT molecular complexity index is 1180. The van der Waals surface area contributed by atoms with E-state index in [1.807, 2.05) is 48.5 Å². The summed E-state index contributed by atoms with van der Waals surface area (Å²) in [5.74, 6) is 2.93. The van der Waals surface area contributed by atoms with Crippen LogP contribution in [0.3, 0.4) is 0 Å². The molecule has 152 valence electrons. The molecular weight excluding hydrogens is 398 g/mol. The third-order valence-corrected chi connectivity index (χ3v) is 5.53. The van der Waals surface area contributed by atoms with Crippen LogP contribution in [0.25, 0.3) is 10.9 Å². The molecule has 2 aromatic heterocycles. The number of carbonyl (C=O) groups excluding carboxylic acids is 1. The number of methoxy groups -OCH3 is 1. The summed E-state index contributed by atoms with van der Waals surface area (Å²) < 4.78 is 10.9. The van der Waals surface area contributed by atoms with Gasteiger partial charge in [0, 0.05) is 22.3 Å². The third-order valence-electron chi connectivity index (χ3n) is 4.64. The first-order valence-electron chi connectivity index (χ1n) is 9.47. The first-order valence-corrected chi connectivity index (χ1v) is 10.5. The van der Waals surface area contributed by atoms with Crippen LogP contribution in [-0.2, 0) is 12.3 Å². The van der Waals surface area contributed by atoms with Gasteiger partial charge in [0.2, 0.25) is 0 Å². The Hall–Kier alpha value is -3.32. The average Bonchev–Trinajstić information content (AvgIpc) is 3.29. The van der Waals surface area contributed by atoms with Gasteiger partial charge < -0.3 is 14.5 Å². The number of rotatable bonds is 8. The van der Waals surface area contributed by atoms with Crippen LogP contribution in [0.4, 0.5) is 5.82 Å². The minimum atomic E-state index is 0.0234. The SMILES string of the molecule is COc1ccc(C(C)=O)cc1CSc1nc(NCc2ccco2)c2ccccc2n1. The third kappa shape index (κ3) is 4.46. The van der Waals surface area contributed by atoms with Gasteiger partial charge in [-0.3, -0.25) is 4.79 Å². The predicted octanol–water partition coefficient (Wildman–Crippen LogP) is 5.34. The number of anilines is 1. The van der Waals surface area contributed by atoms with Crippen molar-refractivity contribution in [2.24, 2.45) is 0 Å². The normalized spacial score (nSPS) is 10.9. The summed E-state index contributed by atoms with van der Waals surface area (Å²) in [7, 11) is 1.63. The highest BCUT2D eigenvalue weighted by atomic mass is 32.2. The maximum absolute atomic E-state index is 11.7. The Balaban J connectivity index is 1.60. The Labute approximate surface area is 178 Å². The molecule has 0 spiro atoms. The van der Waals surface area contributed by atoms with Crippen LogP contribution < -0.4 is 10.1 Å². The number of Topliss-reactive ketones (excluding diaryl/α,β-unsaturated/α-hetero) is 1. The zero-order chi connectivity index (χ0) is 20.9. The van der Waals surface area contributed by atoms with E-state index >= 15 is 0 Å². The number of carbonyl (C=O) groups is 1. The first-order chi connectivity index (χ1) is 14.6. The van der Waals surface area contributed by atoms with Crippen molar-refractivity contribution < 1.29 is 13.9 Å². The zero-order valence-corrected chi connectivity index (χ0v) is 17.5. The molecule has 0 saturated heterocycles. The van der Waals surface area contributed by atoms with E-state index in [1.54, 1.807) is 26.4 Å². The summed E-state index contributed by atoms with van der Waals surface area (Å²) in [4.78, 5) is 21.2. The average molecular weight is 420 g/mol. The molecule has 6 nitrogen and oxygen atoms in total. The number of hydrogen-bond donors (Lipinski definition) is 1. The minimum absolute atomic E-state index is 0.0234. The number of nitrogens with zero attached hydrogens (tertiary/aromatic N) is 2. The molecule has 0 aliphatic rings. The van der Waals surface area contributed by atoms with Crippen molar-refractivity contribution in [1.29, 1.82) is 0 Å². The second-order valence-corrected chi connectivity index (χ2v) is 7.62. The fourth-order valence-corrected chi connectivity index (χ4v) is 3.92. The van der Waals surface area contributed by atoms with E-state index in [0.717, 1.165) is 33.8 Å². The van der Waals surface area contributed by atoms with Gasteiger partial charge in [0.15, 0.2) is 10.9 Å². The number of benzene rings is 2. The van der Waals surface area contributed by atoms with E-state index in [0.29, 0.717) is 23.0 Å². The van der Waals surface area contributed by atoms with E-state index in [-0.39, 0.29) is 5.78 Å². The van der Waals surface area contributed by atoms with Gasteiger partial charge in [-0.15, -0.1) is 0 Å².